The minimum absolute atomic E-state index is 0.0481. The summed E-state index contributed by atoms with van der Waals surface area (Å²) in [6.07, 6.45) is 1.71. The van der Waals surface area contributed by atoms with E-state index in [2.05, 4.69) is 9.84 Å². The van der Waals surface area contributed by atoms with E-state index in [0.717, 1.165) is 4.88 Å². The van der Waals surface area contributed by atoms with E-state index < -0.39 is 5.60 Å². The number of carbonyl (C=O) groups excluding carboxylic acids is 2. The van der Waals surface area contributed by atoms with E-state index in [0.29, 0.717) is 10.6 Å². The molecule has 0 aliphatic rings. The van der Waals surface area contributed by atoms with E-state index in [1.54, 1.807) is 24.4 Å². The van der Waals surface area contributed by atoms with Crippen LogP contribution in [0.15, 0.2) is 24.4 Å². The Morgan fingerprint density at radius 3 is 2.64 bits per heavy atom. The summed E-state index contributed by atoms with van der Waals surface area (Å²) in [5.74, 6) is -0.715. The predicted molar refractivity (Wildman–Crippen MR) is 82.7 cm³/mol. The zero-order chi connectivity index (χ0) is 16.3. The molecule has 6 nitrogen and oxygen atoms in total. The summed E-state index contributed by atoms with van der Waals surface area (Å²) >= 11 is 1.29. The zero-order valence-corrected chi connectivity index (χ0v) is 13.8. The standard InChI is InChI=1S/C15H18N2O4S/c1-15(2,3)21-13(18)9-17-8-7-10(16-17)11-5-6-12(22-11)14(19)20-4/h5-8H,9H2,1-4H3. The lowest BCUT2D eigenvalue weighted by atomic mass is 10.2. The first-order valence-corrected chi connectivity index (χ1v) is 7.54. The number of aromatic nitrogens is 2. The Bertz CT molecular complexity index is 682. The number of thiophene rings is 1. The van der Waals surface area contributed by atoms with Gasteiger partial charge in [0.1, 0.15) is 22.7 Å². The quantitative estimate of drug-likeness (QED) is 0.810. The normalized spacial score (nSPS) is 11.3. The SMILES string of the molecule is COC(=O)c1ccc(-c2ccn(CC(=O)OC(C)(C)C)n2)s1. The molecule has 0 atom stereocenters. The number of hydrogen-bond acceptors (Lipinski definition) is 6. The maximum atomic E-state index is 11.8. The molecule has 0 bridgehead atoms. The Balaban J connectivity index is 2.07. The molecule has 2 aromatic rings. The average Bonchev–Trinajstić information content (AvgIpc) is 3.03. The minimum Gasteiger partial charge on any atom is -0.465 e. The largest absolute Gasteiger partial charge is 0.465 e. The molecule has 2 aromatic heterocycles. The van der Waals surface area contributed by atoms with Crippen molar-refractivity contribution in [2.24, 2.45) is 0 Å². The van der Waals surface area contributed by atoms with E-state index in [9.17, 15) is 9.59 Å². The second kappa shape index (κ2) is 6.31. The number of carbonyl (C=O) groups is 2. The third kappa shape index (κ3) is 4.17. The molecule has 0 unspecified atom stereocenters. The number of esters is 2. The first-order chi connectivity index (χ1) is 10.3. The number of rotatable bonds is 4. The van der Waals surface area contributed by atoms with Gasteiger partial charge in [0.15, 0.2) is 0 Å². The Morgan fingerprint density at radius 1 is 1.27 bits per heavy atom. The molecule has 7 heteroatoms. The zero-order valence-electron chi connectivity index (χ0n) is 13.0. The van der Waals surface area contributed by atoms with Crippen molar-refractivity contribution in [2.45, 2.75) is 32.9 Å². The Hall–Kier alpha value is -2.15. The lowest BCUT2D eigenvalue weighted by Crippen LogP contribution is -2.26. The molecule has 0 amide bonds. The van der Waals surface area contributed by atoms with Gasteiger partial charge >= 0.3 is 11.9 Å². The van der Waals surface area contributed by atoms with Gasteiger partial charge in [-0.2, -0.15) is 5.10 Å². The number of nitrogens with zero attached hydrogens (tertiary/aromatic N) is 2. The van der Waals surface area contributed by atoms with Crippen molar-refractivity contribution < 1.29 is 19.1 Å². The smallest absolute Gasteiger partial charge is 0.348 e. The van der Waals surface area contributed by atoms with Crippen LogP contribution in [0.25, 0.3) is 10.6 Å². The van der Waals surface area contributed by atoms with Crippen LogP contribution < -0.4 is 0 Å². The molecule has 118 valence electrons. The van der Waals surface area contributed by atoms with Crippen LogP contribution in [0, 0.1) is 0 Å². The molecule has 2 rings (SSSR count). The first-order valence-electron chi connectivity index (χ1n) is 6.72. The molecule has 0 N–H and O–H groups in total. The van der Waals surface area contributed by atoms with Crippen molar-refractivity contribution in [3.8, 4) is 10.6 Å². The lowest BCUT2D eigenvalue weighted by Gasteiger charge is -2.19. The topological polar surface area (TPSA) is 70.4 Å². The highest BCUT2D eigenvalue weighted by Crippen LogP contribution is 2.27. The number of hydrogen-bond donors (Lipinski definition) is 0. The summed E-state index contributed by atoms with van der Waals surface area (Å²) in [6.45, 7) is 5.50. The van der Waals surface area contributed by atoms with Gasteiger partial charge in [-0.05, 0) is 39.0 Å². The van der Waals surface area contributed by atoms with Gasteiger partial charge in [-0.1, -0.05) is 0 Å². The third-order valence-electron chi connectivity index (χ3n) is 2.60. The van der Waals surface area contributed by atoms with E-state index in [4.69, 9.17) is 4.74 Å². The third-order valence-corrected chi connectivity index (χ3v) is 3.68. The molecule has 0 saturated carbocycles. The van der Waals surface area contributed by atoms with E-state index in [1.165, 1.54) is 23.1 Å². The van der Waals surface area contributed by atoms with E-state index in [1.807, 2.05) is 20.8 Å². The van der Waals surface area contributed by atoms with Crippen LogP contribution in [-0.2, 0) is 20.8 Å². The fourth-order valence-electron chi connectivity index (χ4n) is 1.77. The van der Waals surface area contributed by atoms with Crippen LogP contribution >= 0.6 is 11.3 Å². The van der Waals surface area contributed by atoms with Crippen molar-refractivity contribution in [3.63, 3.8) is 0 Å². The highest BCUT2D eigenvalue weighted by molar-refractivity contribution is 7.17. The van der Waals surface area contributed by atoms with Crippen LogP contribution in [0.1, 0.15) is 30.4 Å². The van der Waals surface area contributed by atoms with Crippen molar-refractivity contribution in [1.82, 2.24) is 9.78 Å². The maximum absolute atomic E-state index is 11.8. The lowest BCUT2D eigenvalue weighted by molar-refractivity contribution is -0.155. The highest BCUT2D eigenvalue weighted by Gasteiger charge is 2.17. The second-order valence-corrected chi connectivity index (χ2v) is 6.72. The molecule has 2 heterocycles. The Kier molecular flexibility index (Phi) is 4.65. The van der Waals surface area contributed by atoms with Crippen LogP contribution in [0.3, 0.4) is 0 Å². The molecule has 0 saturated heterocycles. The second-order valence-electron chi connectivity index (χ2n) is 5.64. The number of methoxy groups -OCH3 is 1. The van der Waals surface area contributed by atoms with Gasteiger partial charge in [0.05, 0.1) is 12.0 Å². The molecular formula is C15H18N2O4S. The van der Waals surface area contributed by atoms with Crippen LogP contribution in [0.4, 0.5) is 0 Å². The fraction of sp³-hybridized carbons (Fsp3) is 0.400. The summed E-state index contributed by atoms with van der Waals surface area (Å²) in [4.78, 5) is 24.6. The summed E-state index contributed by atoms with van der Waals surface area (Å²) in [5, 5.41) is 4.32. The van der Waals surface area contributed by atoms with Crippen molar-refractivity contribution in [1.29, 1.82) is 0 Å². The van der Waals surface area contributed by atoms with Crippen LogP contribution in [0.5, 0.6) is 0 Å². The summed E-state index contributed by atoms with van der Waals surface area (Å²) in [5.41, 5.74) is 0.180. The van der Waals surface area contributed by atoms with Gasteiger partial charge < -0.3 is 9.47 Å². The van der Waals surface area contributed by atoms with Gasteiger partial charge in [-0.25, -0.2) is 4.79 Å². The Morgan fingerprint density at radius 2 is 2.00 bits per heavy atom. The molecule has 0 spiro atoms. The molecule has 0 aliphatic heterocycles. The van der Waals surface area contributed by atoms with Gasteiger partial charge in [-0.15, -0.1) is 11.3 Å². The average molecular weight is 322 g/mol. The van der Waals surface area contributed by atoms with E-state index in [-0.39, 0.29) is 18.5 Å². The van der Waals surface area contributed by atoms with Crippen molar-refractivity contribution in [2.75, 3.05) is 7.11 Å². The molecular weight excluding hydrogens is 304 g/mol. The molecule has 0 radical (unpaired) electrons. The minimum atomic E-state index is -0.518. The first kappa shape index (κ1) is 16.2. The predicted octanol–water partition coefficient (Wildman–Crippen LogP) is 2.74. The maximum Gasteiger partial charge on any atom is 0.348 e. The molecule has 0 fully saturated rings. The van der Waals surface area contributed by atoms with Gasteiger partial charge in [0.2, 0.25) is 0 Å². The molecule has 22 heavy (non-hydrogen) atoms. The Labute approximate surface area is 132 Å². The van der Waals surface area contributed by atoms with Crippen molar-refractivity contribution in [3.05, 3.63) is 29.3 Å². The van der Waals surface area contributed by atoms with Crippen LogP contribution in [0.2, 0.25) is 0 Å². The fourth-order valence-corrected chi connectivity index (χ4v) is 2.66. The molecule has 0 aromatic carbocycles. The summed E-state index contributed by atoms with van der Waals surface area (Å²) in [7, 11) is 1.34. The van der Waals surface area contributed by atoms with Gasteiger partial charge in [0, 0.05) is 6.20 Å². The van der Waals surface area contributed by atoms with E-state index >= 15 is 0 Å². The van der Waals surface area contributed by atoms with Gasteiger partial charge in [-0.3, -0.25) is 9.48 Å². The summed E-state index contributed by atoms with van der Waals surface area (Å²) in [6, 6.07) is 5.28. The number of ether oxygens (including phenoxy) is 2. The van der Waals surface area contributed by atoms with Crippen LogP contribution in [-0.4, -0.2) is 34.4 Å². The monoisotopic (exact) mass is 322 g/mol. The highest BCUT2D eigenvalue weighted by atomic mass is 32.1. The molecule has 0 aliphatic carbocycles. The summed E-state index contributed by atoms with van der Waals surface area (Å²) < 4.78 is 11.4. The van der Waals surface area contributed by atoms with Gasteiger partial charge in [0.25, 0.3) is 0 Å². The van der Waals surface area contributed by atoms with Crippen molar-refractivity contribution >= 4 is 23.3 Å².